The van der Waals surface area contributed by atoms with Crippen LogP contribution in [0.4, 0.5) is 8.78 Å². The molecule has 1 aliphatic rings. The molecule has 1 fully saturated rings. The molecule has 1 aliphatic heterocycles. The SMILES string of the molecule is O=C(c1cc(F)ccc1F)C1CCN(C(=O)CCCOc2cccc3ccccc23)CC1. The van der Waals surface area contributed by atoms with Crippen LogP contribution in [-0.2, 0) is 4.79 Å². The Morgan fingerprint density at radius 2 is 1.72 bits per heavy atom. The highest BCUT2D eigenvalue weighted by Crippen LogP contribution is 2.26. The minimum Gasteiger partial charge on any atom is -0.493 e. The largest absolute Gasteiger partial charge is 0.493 e. The number of likely N-dealkylation sites (tertiary alicyclic amines) is 1. The number of carbonyl (C=O) groups is 2. The second-order valence-electron chi connectivity index (χ2n) is 8.07. The fraction of sp³-hybridized carbons (Fsp3) is 0.308. The molecule has 6 heteroatoms. The summed E-state index contributed by atoms with van der Waals surface area (Å²) in [5.74, 6) is -1.30. The maximum atomic E-state index is 13.9. The number of Topliss-reactive ketones (excluding diaryl/α,β-unsaturated/α-hetero) is 1. The number of ketones is 1. The first kappa shape index (κ1) is 21.9. The van der Waals surface area contributed by atoms with Gasteiger partial charge in [-0.3, -0.25) is 9.59 Å². The molecular weight excluding hydrogens is 412 g/mol. The average Bonchev–Trinajstić information content (AvgIpc) is 2.83. The Labute approximate surface area is 185 Å². The molecule has 4 nitrogen and oxygen atoms in total. The topological polar surface area (TPSA) is 46.6 Å². The zero-order valence-electron chi connectivity index (χ0n) is 17.7. The monoisotopic (exact) mass is 437 g/mol. The van der Waals surface area contributed by atoms with Crippen molar-refractivity contribution in [2.24, 2.45) is 5.92 Å². The van der Waals surface area contributed by atoms with Crippen LogP contribution in [0, 0.1) is 17.6 Å². The van der Waals surface area contributed by atoms with Crippen LogP contribution in [0.3, 0.4) is 0 Å². The Kier molecular flexibility index (Phi) is 6.78. The molecule has 3 aromatic rings. The molecule has 0 aliphatic carbocycles. The van der Waals surface area contributed by atoms with Crippen LogP contribution in [0.1, 0.15) is 36.0 Å². The van der Waals surface area contributed by atoms with Gasteiger partial charge >= 0.3 is 0 Å². The number of piperidine rings is 1. The Hall–Kier alpha value is -3.28. The number of carbonyl (C=O) groups excluding carboxylic acids is 2. The van der Waals surface area contributed by atoms with Crippen molar-refractivity contribution in [1.82, 2.24) is 4.90 Å². The number of fused-ring (bicyclic) bond motifs is 1. The number of nitrogens with zero attached hydrogens (tertiary/aromatic N) is 1. The molecule has 0 atom stereocenters. The maximum Gasteiger partial charge on any atom is 0.222 e. The number of benzene rings is 3. The molecular formula is C26H25F2NO3. The summed E-state index contributed by atoms with van der Waals surface area (Å²) in [7, 11) is 0. The number of halogens is 2. The second kappa shape index (κ2) is 9.90. The molecule has 1 amide bonds. The van der Waals surface area contributed by atoms with Crippen LogP contribution >= 0.6 is 0 Å². The van der Waals surface area contributed by atoms with E-state index in [1.807, 2.05) is 42.5 Å². The molecule has 1 saturated heterocycles. The summed E-state index contributed by atoms with van der Waals surface area (Å²) < 4.78 is 33.2. The highest BCUT2D eigenvalue weighted by atomic mass is 19.1. The van der Waals surface area contributed by atoms with Gasteiger partial charge in [0, 0.05) is 30.8 Å². The fourth-order valence-electron chi connectivity index (χ4n) is 4.18. The van der Waals surface area contributed by atoms with Crippen LogP contribution in [0.15, 0.2) is 60.7 Å². The lowest BCUT2D eigenvalue weighted by molar-refractivity contribution is -0.132. The minimum atomic E-state index is -0.707. The Morgan fingerprint density at radius 1 is 0.969 bits per heavy atom. The van der Waals surface area contributed by atoms with Crippen LogP contribution in [-0.4, -0.2) is 36.3 Å². The van der Waals surface area contributed by atoms with Crippen molar-refractivity contribution in [2.45, 2.75) is 25.7 Å². The molecule has 0 unspecified atom stereocenters. The first-order chi connectivity index (χ1) is 15.5. The lowest BCUT2D eigenvalue weighted by Gasteiger charge is -2.31. The third-order valence-electron chi connectivity index (χ3n) is 5.95. The first-order valence-electron chi connectivity index (χ1n) is 10.9. The second-order valence-corrected chi connectivity index (χ2v) is 8.07. The smallest absolute Gasteiger partial charge is 0.222 e. The number of hydrogen-bond acceptors (Lipinski definition) is 3. The summed E-state index contributed by atoms with van der Waals surface area (Å²) >= 11 is 0. The van der Waals surface area contributed by atoms with Crippen molar-refractivity contribution in [3.63, 3.8) is 0 Å². The van der Waals surface area contributed by atoms with Gasteiger partial charge in [-0.2, -0.15) is 0 Å². The molecule has 32 heavy (non-hydrogen) atoms. The summed E-state index contributed by atoms with van der Waals surface area (Å²) in [5, 5.41) is 2.15. The molecule has 0 spiro atoms. The van der Waals surface area contributed by atoms with Crippen molar-refractivity contribution < 1.29 is 23.1 Å². The number of hydrogen-bond donors (Lipinski definition) is 0. The van der Waals surface area contributed by atoms with Crippen LogP contribution < -0.4 is 4.74 Å². The predicted octanol–water partition coefficient (Wildman–Crippen LogP) is 5.40. The highest BCUT2D eigenvalue weighted by molar-refractivity contribution is 5.98. The Bertz CT molecular complexity index is 1120. The molecule has 0 saturated carbocycles. The maximum absolute atomic E-state index is 13.9. The zero-order chi connectivity index (χ0) is 22.5. The van der Waals surface area contributed by atoms with Gasteiger partial charge in [0.15, 0.2) is 5.78 Å². The molecule has 0 bridgehead atoms. The van der Waals surface area contributed by atoms with Crippen LogP contribution in [0.5, 0.6) is 5.75 Å². The van der Waals surface area contributed by atoms with Gasteiger partial charge in [0.25, 0.3) is 0 Å². The Balaban J connectivity index is 1.23. The van der Waals surface area contributed by atoms with Crippen molar-refractivity contribution >= 4 is 22.5 Å². The van der Waals surface area contributed by atoms with E-state index in [-0.39, 0.29) is 11.5 Å². The van der Waals surface area contributed by atoms with Gasteiger partial charge in [-0.1, -0.05) is 36.4 Å². The molecule has 4 rings (SSSR count). The van der Waals surface area contributed by atoms with E-state index in [0.717, 1.165) is 34.7 Å². The standard InChI is InChI=1S/C26H25F2NO3/c27-20-10-11-23(28)22(17-20)26(31)19-12-14-29(15-13-19)25(30)9-4-16-32-24-8-3-6-18-5-1-2-7-21(18)24/h1-3,5-8,10-11,17,19H,4,9,12-16H2. The van der Waals surface area contributed by atoms with E-state index >= 15 is 0 Å². The number of rotatable bonds is 7. The molecule has 166 valence electrons. The van der Waals surface area contributed by atoms with Crippen molar-refractivity contribution in [3.05, 3.63) is 77.9 Å². The first-order valence-corrected chi connectivity index (χ1v) is 10.9. The van der Waals surface area contributed by atoms with Crippen molar-refractivity contribution in [1.29, 1.82) is 0 Å². The third kappa shape index (κ3) is 4.96. The molecule has 1 heterocycles. The van der Waals surface area contributed by atoms with Crippen molar-refractivity contribution in [3.8, 4) is 5.75 Å². The highest BCUT2D eigenvalue weighted by Gasteiger charge is 2.29. The lowest BCUT2D eigenvalue weighted by Crippen LogP contribution is -2.40. The van der Waals surface area contributed by atoms with E-state index in [1.54, 1.807) is 4.90 Å². The molecule has 0 aromatic heterocycles. The van der Waals surface area contributed by atoms with E-state index in [0.29, 0.717) is 45.4 Å². The summed E-state index contributed by atoms with van der Waals surface area (Å²) in [5.41, 5.74) is -0.208. The van der Waals surface area contributed by atoms with Gasteiger partial charge < -0.3 is 9.64 Å². The van der Waals surface area contributed by atoms with E-state index in [2.05, 4.69) is 0 Å². The fourth-order valence-corrected chi connectivity index (χ4v) is 4.18. The van der Waals surface area contributed by atoms with Gasteiger partial charge in [0.1, 0.15) is 17.4 Å². The summed E-state index contributed by atoms with van der Waals surface area (Å²) in [4.78, 5) is 26.8. The van der Waals surface area contributed by atoms with Gasteiger partial charge in [0.05, 0.1) is 12.2 Å². The van der Waals surface area contributed by atoms with Gasteiger partial charge in [-0.15, -0.1) is 0 Å². The predicted molar refractivity (Wildman–Crippen MR) is 119 cm³/mol. The normalized spacial score (nSPS) is 14.5. The van der Waals surface area contributed by atoms with Gasteiger partial charge in [0.2, 0.25) is 5.91 Å². The van der Waals surface area contributed by atoms with E-state index < -0.39 is 23.3 Å². The van der Waals surface area contributed by atoms with Gasteiger partial charge in [-0.05, 0) is 48.9 Å². The van der Waals surface area contributed by atoms with E-state index in [4.69, 9.17) is 4.74 Å². The minimum absolute atomic E-state index is 0.0226. The molecule has 0 N–H and O–H groups in total. The quantitative estimate of drug-likeness (QED) is 0.367. The van der Waals surface area contributed by atoms with Crippen LogP contribution in [0.2, 0.25) is 0 Å². The number of ether oxygens (including phenoxy) is 1. The van der Waals surface area contributed by atoms with E-state index in [9.17, 15) is 18.4 Å². The molecule has 0 radical (unpaired) electrons. The summed E-state index contributed by atoms with van der Waals surface area (Å²) in [6.07, 6.45) is 1.86. The number of amides is 1. The van der Waals surface area contributed by atoms with E-state index in [1.165, 1.54) is 0 Å². The van der Waals surface area contributed by atoms with Gasteiger partial charge in [-0.25, -0.2) is 8.78 Å². The zero-order valence-corrected chi connectivity index (χ0v) is 17.7. The molecule has 3 aromatic carbocycles. The Morgan fingerprint density at radius 3 is 2.53 bits per heavy atom. The summed E-state index contributed by atoms with van der Waals surface area (Å²) in [6.45, 7) is 1.32. The average molecular weight is 437 g/mol. The van der Waals surface area contributed by atoms with Crippen LogP contribution in [0.25, 0.3) is 10.8 Å². The summed E-state index contributed by atoms with van der Waals surface area (Å²) in [6, 6.07) is 16.8. The van der Waals surface area contributed by atoms with Crippen molar-refractivity contribution in [2.75, 3.05) is 19.7 Å². The third-order valence-corrected chi connectivity index (χ3v) is 5.95. The lowest BCUT2D eigenvalue weighted by atomic mass is 9.88.